The third-order valence-electron chi connectivity index (χ3n) is 3.63. The van der Waals surface area contributed by atoms with Crippen molar-refractivity contribution in [2.45, 2.75) is 45.2 Å². The van der Waals surface area contributed by atoms with Crippen LogP contribution in [0, 0.1) is 0 Å². The van der Waals surface area contributed by atoms with E-state index >= 15 is 0 Å². The van der Waals surface area contributed by atoms with Crippen LogP contribution in [0.25, 0.3) is 0 Å². The lowest BCUT2D eigenvalue weighted by atomic mass is 10.0. The van der Waals surface area contributed by atoms with Crippen LogP contribution in [0.3, 0.4) is 0 Å². The van der Waals surface area contributed by atoms with Gasteiger partial charge in [0, 0.05) is 25.3 Å². The minimum absolute atomic E-state index is 0.569. The van der Waals surface area contributed by atoms with Crippen molar-refractivity contribution >= 4 is 11.6 Å². The molecule has 1 saturated heterocycles. The Morgan fingerprint density at radius 3 is 2.95 bits per heavy atom. The van der Waals surface area contributed by atoms with Crippen LogP contribution in [0.2, 0.25) is 5.15 Å². The number of rotatable bonds is 6. The van der Waals surface area contributed by atoms with E-state index in [0.717, 1.165) is 19.6 Å². The van der Waals surface area contributed by atoms with Crippen LogP contribution >= 0.6 is 11.6 Å². The maximum absolute atomic E-state index is 5.83. The molecule has 106 valence electrons. The van der Waals surface area contributed by atoms with Gasteiger partial charge in [0.15, 0.2) is 0 Å². The highest BCUT2D eigenvalue weighted by atomic mass is 35.5. The van der Waals surface area contributed by atoms with Gasteiger partial charge in [-0.1, -0.05) is 31.0 Å². The molecule has 19 heavy (non-hydrogen) atoms. The zero-order valence-corrected chi connectivity index (χ0v) is 12.5. The van der Waals surface area contributed by atoms with E-state index in [-0.39, 0.29) is 0 Å². The lowest BCUT2D eigenvalue weighted by Gasteiger charge is -2.30. The molecule has 1 aromatic rings. The summed E-state index contributed by atoms with van der Waals surface area (Å²) in [6.45, 7) is 6.65. The van der Waals surface area contributed by atoms with Crippen LogP contribution in [0.4, 0.5) is 0 Å². The van der Waals surface area contributed by atoms with E-state index in [0.29, 0.717) is 11.2 Å². The normalized spacial score (nSPS) is 19.8. The molecule has 0 aliphatic carbocycles. The van der Waals surface area contributed by atoms with Gasteiger partial charge in [0.2, 0.25) is 0 Å². The number of piperidine rings is 1. The Kier molecular flexibility index (Phi) is 6.08. The molecule has 0 saturated carbocycles. The fourth-order valence-electron chi connectivity index (χ4n) is 2.70. The molecule has 4 heteroatoms. The van der Waals surface area contributed by atoms with Gasteiger partial charge in [-0.25, -0.2) is 4.98 Å². The van der Waals surface area contributed by atoms with Crippen LogP contribution in [0.15, 0.2) is 18.3 Å². The summed E-state index contributed by atoms with van der Waals surface area (Å²) in [4.78, 5) is 6.68. The molecule has 1 atom stereocenters. The van der Waals surface area contributed by atoms with Crippen molar-refractivity contribution < 1.29 is 0 Å². The Bertz CT molecular complexity index is 360. The van der Waals surface area contributed by atoms with Crippen molar-refractivity contribution in [2.24, 2.45) is 0 Å². The first-order valence-corrected chi connectivity index (χ1v) is 7.72. The van der Waals surface area contributed by atoms with E-state index in [4.69, 9.17) is 11.6 Å². The molecular weight excluding hydrogens is 258 g/mol. The first-order valence-electron chi connectivity index (χ1n) is 7.34. The molecule has 1 aromatic heterocycles. The van der Waals surface area contributed by atoms with E-state index in [1.165, 1.54) is 37.8 Å². The standard InChI is InChI=1S/C15H24ClN3/c1-2-9-19(12-14-5-3-4-8-17-14)11-13-6-7-15(16)18-10-13/h6-7,10,14,17H,2-5,8-9,11-12H2,1H3. The predicted octanol–water partition coefficient (Wildman–Crippen LogP) is 3.09. The summed E-state index contributed by atoms with van der Waals surface area (Å²) in [5.41, 5.74) is 1.24. The molecule has 1 aliphatic rings. The van der Waals surface area contributed by atoms with Crippen molar-refractivity contribution in [1.29, 1.82) is 0 Å². The van der Waals surface area contributed by atoms with Gasteiger partial charge in [0.05, 0.1) is 0 Å². The lowest BCUT2D eigenvalue weighted by Crippen LogP contribution is -2.43. The minimum atomic E-state index is 0.569. The van der Waals surface area contributed by atoms with Gasteiger partial charge in [-0.15, -0.1) is 0 Å². The minimum Gasteiger partial charge on any atom is -0.313 e. The number of hydrogen-bond donors (Lipinski definition) is 1. The summed E-state index contributed by atoms with van der Waals surface area (Å²) in [7, 11) is 0. The van der Waals surface area contributed by atoms with Gasteiger partial charge in [0.25, 0.3) is 0 Å². The second-order valence-corrected chi connectivity index (χ2v) is 5.76. The molecule has 0 spiro atoms. The Balaban J connectivity index is 1.89. The molecule has 2 heterocycles. The summed E-state index contributed by atoms with van der Waals surface area (Å²) in [6.07, 6.45) is 7.07. The molecule has 1 fully saturated rings. The highest BCUT2D eigenvalue weighted by Gasteiger charge is 2.16. The van der Waals surface area contributed by atoms with Crippen LogP contribution < -0.4 is 5.32 Å². The highest BCUT2D eigenvalue weighted by molar-refractivity contribution is 6.29. The van der Waals surface area contributed by atoms with Crippen LogP contribution in [0.5, 0.6) is 0 Å². The first-order chi connectivity index (χ1) is 9.28. The third-order valence-corrected chi connectivity index (χ3v) is 3.85. The Hall–Kier alpha value is -0.640. The van der Waals surface area contributed by atoms with Gasteiger partial charge in [-0.05, 0) is 44.0 Å². The lowest BCUT2D eigenvalue weighted by molar-refractivity contribution is 0.217. The number of aromatic nitrogens is 1. The average molecular weight is 282 g/mol. The number of nitrogens with zero attached hydrogens (tertiary/aromatic N) is 2. The fraction of sp³-hybridized carbons (Fsp3) is 0.667. The van der Waals surface area contributed by atoms with E-state index in [1.54, 1.807) is 0 Å². The van der Waals surface area contributed by atoms with Gasteiger partial charge < -0.3 is 5.32 Å². The topological polar surface area (TPSA) is 28.2 Å². The Labute approximate surface area is 121 Å². The van der Waals surface area contributed by atoms with Crippen molar-refractivity contribution in [3.8, 4) is 0 Å². The Morgan fingerprint density at radius 2 is 2.32 bits per heavy atom. The van der Waals surface area contributed by atoms with Crippen LogP contribution in [-0.4, -0.2) is 35.6 Å². The van der Waals surface area contributed by atoms with Gasteiger partial charge in [0.1, 0.15) is 5.15 Å². The molecule has 0 bridgehead atoms. The van der Waals surface area contributed by atoms with Crippen LogP contribution in [0.1, 0.15) is 38.2 Å². The smallest absolute Gasteiger partial charge is 0.129 e. The molecule has 1 aliphatic heterocycles. The Morgan fingerprint density at radius 1 is 1.42 bits per heavy atom. The van der Waals surface area contributed by atoms with Gasteiger partial charge in [-0.3, -0.25) is 4.90 Å². The highest BCUT2D eigenvalue weighted by Crippen LogP contribution is 2.12. The molecular formula is C15H24ClN3. The van der Waals surface area contributed by atoms with Crippen molar-refractivity contribution in [3.63, 3.8) is 0 Å². The number of hydrogen-bond acceptors (Lipinski definition) is 3. The fourth-order valence-corrected chi connectivity index (χ4v) is 2.81. The number of nitrogens with one attached hydrogen (secondary N) is 1. The second kappa shape index (κ2) is 7.83. The molecule has 0 radical (unpaired) electrons. The summed E-state index contributed by atoms with van der Waals surface area (Å²) in [5, 5.41) is 4.19. The zero-order valence-electron chi connectivity index (χ0n) is 11.7. The average Bonchev–Trinajstić information content (AvgIpc) is 2.43. The van der Waals surface area contributed by atoms with Gasteiger partial charge >= 0.3 is 0 Å². The molecule has 3 nitrogen and oxygen atoms in total. The number of halogens is 1. The zero-order chi connectivity index (χ0) is 13.5. The van der Waals surface area contributed by atoms with Gasteiger partial charge in [-0.2, -0.15) is 0 Å². The number of pyridine rings is 1. The summed E-state index contributed by atoms with van der Waals surface area (Å²) < 4.78 is 0. The largest absolute Gasteiger partial charge is 0.313 e. The van der Waals surface area contributed by atoms with E-state index < -0.39 is 0 Å². The molecule has 2 rings (SSSR count). The summed E-state index contributed by atoms with van der Waals surface area (Å²) >= 11 is 5.83. The maximum atomic E-state index is 5.83. The quantitative estimate of drug-likeness (QED) is 0.812. The molecule has 1 unspecified atom stereocenters. The van der Waals surface area contributed by atoms with E-state index in [2.05, 4.69) is 28.2 Å². The molecule has 1 N–H and O–H groups in total. The van der Waals surface area contributed by atoms with Crippen molar-refractivity contribution in [1.82, 2.24) is 15.2 Å². The van der Waals surface area contributed by atoms with E-state index in [1.807, 2.05) is 12.3 Å². The maximum Gasteiger partial charge on any atom is 0.129 e. The second-order valence-electron chi connectivity index (χ2n) is 5.37. The van der Waals surface area contributed by atoms with Crippen molar-refractivity contribution in [2.75, 3.05) is 19.6 Å². The van der Waals surface area contributed by atoms with Crippen molar-refractivity contribution in [3.05, 3.63) is 29.0 Å². The summed E-state index contributed by atoms with van der Waals surface area (Å²) in [5.74, 6) is 0. The summed E-state index contributed by atoms with van der Waals surface area (Å²) in [6, 6.07) is 4.60. The predicted molar refractivity (Wildman–Crippen MR) is 80.5 cm³/mol. The van der Waals surface area contributed by atoms with Crippen LogP contribution in [-0.2, 0) is 6.54 Å². The van der Waals surface area contributed by atoms with E-state index in [9.17, 15) is 0 Å². The monoisotopic (exact) mass is 281 g/mol. The first kappa shape index (κ1) is 14.8. The third kappa shape index (κ3) is 5.09. The SMILES string of the molecule is CCCN(Cc1ccc(Cl)nc1)CC1CCCCN1. The molecule has 0 aromatic carbocycles. The molecule has 0 amide bonds.